The van der Waals surface area contributed by atoms with Gasteiger partial charge in [-0.1, -0.05) is 53.5 Å². The van der Waals surface area contributed by atoms with Crippen molar-refractivity contribution in [1.29, 1.82) is 0 Å². The first-order valence-corrected chi connectivity index (χ1v) is 8.94. The van der Waals surface area contributed by atoms with Gasteiger partial charge < -0.3 is 4.74 Å². The Morgan fingerprint density at radius 3 is 2.40 bits per heavy atom. The predicted octanol–water partition coefficient (Wildman–Crippen LogP) is 5.45. The van der Waals surface area contributed by atoms with Gasteiger partial charge in [-0.15, -0.1) is 0 Å². The molecule has 0 radical (unpaired) electrons. The van der Waals surface area contributed by atoms with Gasteiger partial charge in [-0.3, -0.25) is 0 Å². The zero-order valence-electron chi connectivity index (χ0n) is 12.2. The van der Waals surface area contributed by atoms with Crippen LogP contribution in [0.25, 0.3) is 0 Å². The zero-order chi connectivity index (χ0) is 14.4. The molecule has 0 heterocycles. The van der Waals surface area contributed by atoms with E-state index in [1.54, 1.807) is 0 Å². The Labute approximate surface area is 135 Å². The fraction of sp³-hybridized carbons (Fsp3) is 0.647. The van der Waals surface area contributed by atoms with E-state index in [9.17, 15) is 0 Å². The van der Waals surface area contributed by atoms with E-state index in [4.69, 9.17) is 16.3 Å². The van der Waals surface area contributed by atoms with Crippen LogP contribution in [0, 0.1) is 17.3 Å². The van der Waals surface area contributed by atoms with E-state index >= 15 is 0 Å². The topological polar surface area (TPSA) is 9.23 Å². The first-order valence-electron chi connectivity index (χ1n) is 7.44. The molecule has 0 N–H and O–H groups in total. The number of ether oxygens (including phenoxy) is 1. The lowest BCUT2D eigenvalue weighted by Crippen LogP contribution is -2.52. The molecule has 1 nitrogen and oxygen atoms in total. The second kappa shape index (κ2) is 5.30. The molecule has 2 fully saturated rings. The van der Waals surface area contributed by atoms with Crippen LogP contribution in [0.2, 0.25) is 5.02 Å². The van der Waals surface area contributed by atoms with Crippen molar-refractivity contribution in [2.24, 2.45) is 17.3 Å². The molecule has 0 aromatic heterocycles. The number of rotatable bonds is 4. The normalized spacial score (nSPS) is 34.6. The summed E-state index contributed by atoms with van der Waals surface area (Å²) in [5.41, 5.74) is 1.44. The molecule has 110 valence electrons. The number of benzene rings is 1. The summed E-state index contributed by atoms with van der Waals surface area (Å²) in [5.74, 6) is 1.52. The maximum absolute atomic E-state index is 6.52. The molecule has 1 aromatic rings. The summed E-state index contributed by atoms with van der Waals surface area (Å²) in [6.07, 6.45) is 4.02. The summed E-state index contributed by atoms with van der Waals surface area (Å²) in [5, 5.41) is 1.71. The Morgan fingerprint density at radius 2 is 1.85 bits per heavy atom. The Balaban J connectivity index is 1.78. The summed E-state index contributed by atoms with van der Waals surface area (Å²) in [6.45, 7) is 5.45. The van der Waals surface area contributed by atoms with Crippen LogP contribution in [0.15, 0.2) is 24.3 Å². The maximum atomic E-state index is 6.52. The van der Waals surface area contributed by atoms with Crippen molar-refractivity contribution in [1.82, 2.24) is 0 Å². The summed E-state index contributed by atoms with van der Waals surface area (Å²) >= 11 is 9.69. The third-order valence-corrected chi connectivity index (χ3v) is 6.90. The Kier molecular flexibility index (Phi) is 3.94. The predicted molar refractivity (Wildman–Crippen MR) is 87.4 cm³/mol. The molecule has 2 bridgehead atoms. The summed E-state index contributed by atoms with van der Waals surface area (Å²) in [7, 11) is 0. The SMILES string of the molecule is CC1(C)C2CCC(C2)C1(CBr)OCc1ccc(Cl)cc1. The second-order valence-electron chi connectivity index (χ2n) is 6.87. The Bertz CT molecular complexity index is 484. The highest BCUT2D eigenvalue weighted by Gasteiger charge is 2.63. The average Bonchev–Trinajstić information content (AvgIpc) is 2.98. The number of hydrogen-bond donors (Lipinski definition) is 0. The van der Waals surface area contributed by atoms with Crippen LogP contribution in [-0.4, -0.2) is 10.9 Å². The Hall–Kier alpha value is -0.0500. The summed E-state index contributed by atoms with van der Waals surface area (Å²) in [4.78, 5) is 0. The van der Waals surface area contributed by atoms with Gasteiger partial charge >= 0.3 is 0 Å². The number of alkyl halides is 1. The molecule has 1 aromatic carbocycles. The maximum Gasteiger partial charge on any atom is 0.0864 e. The smallest absolute Gasteiger partial charge is 0.0864 e. The minimum atomic E-state index is -0.0183. The van der Waals surface area contributed by atoms with Gasteiger partial charge in [0.1, 0.15) is 0 Å². The van der Waals surface area contributed by atoms with Crippen LogP contribution in [0.3, 0.4) is 0 Å². The quantitative estimate of drug-likeness (QED) is 0.651. The summed E-state index contributed by atoms with van der Waals surface area (Å²) in [6, 6.07) is 7.99. The number of halogens is 2. The molecule has 0 spiro atoms. The molecule has 0 saturated heterocycles. The first-order chi connectivity index (χ1) is 9.49. The van der Waals surface area contributed by atoms with E-state index in [2.05, 4.69) is 41.9 Å². The van der Waals surface area contributed by atoms with Crippen molar-refractivity contribution >= 4 is 27.5 Å². The van der Waals surface area contributed by atoms with Gasteiger partial charge in [-0.05, 0) is 54.2 Å². The van der Waals surface area contributed by atoms with E-state index in [1.165, 1.54) is 24.8 Å². The van der Waals surface area contributed by atoms with Gasteiger partial charge in [0, 0.05) is 10.4 Å². The lowest BCUT2D eigenvalue weighted by molar-refractivity contribution is -0.145. The van der Waals surface area contributed by atoms with Gasteiger partial charge in [0.05, 0.1) is 12.2 Å². The molecule has 20 heavy (non-hydrogen) atoms. The highest BCUT2D eigenvalue weighted by molar-refractivity contribution is 9.09. The van der Waals surface area contributed by atoms with Crippen molar-refractivity contribution in [3.05, 3.63) is 34.9 Å². The van der Waals surface area contributed by atoms with E-state index in [1.807, 2.05) is 12.1 Å². The molecule has 0 aliphatic heterocycles. The number of hydrogen-bond acceptors (Lipinski definition) is 1. The third kappa shape index (κ3) is 2.15. The van der Waals surface area contributed by atoms with Crippen LogP contribution in [0.1, 0.15) is 38.7 Å². The molecule has 2 aliphatic rings. The van der Waals surface area contributed by atoms with Gasteiger partial charge in [0.2, 0.25) is 0 Å². The Morgan fingerprint density at radius 1 is 1.20 bits per heavy atom. The lowest BCUT2D eigenvalue weighted by atomic mass is 9.66. The van der Waals surface area contributed by atoms with Crippen LogP contribution < -0.4 is 0 Å². The minimum absolute atomic E-state index is 0.0183. The average molecular weight is 358 g/mol. The van der Waals surface area contributed by atoms with Gasteiger partial charge in [-0.2, -0.15) is 0 Å². The fourth-order valence-electron chi connectivity index (χ4n) is 4.35. The van der Waals surface area contributed by atoms with Crippen molar-refractivity contribution in [2.75, 3.05) is 5.33 Å². The van der Waals surface area contributed by atoms with Crippen molar-refractivity contribution in [3.63, 3.8) is 0 Å². The largest absolute Gasteiger partial charge is 0.369 e. The van der Waals surface area contributed by atoms with Gasteiger partial charge in [-0.25, -0.2) is 0 Å². The van der Waals surface area contributed by atoms with E-state index in [-0.39, 0.29) is 11.0 Å². The standard InChI is InChI=1S/C17H22BrClO/c1-16(2)13-5-6-14(9-13)17(16,11-18)20-10-12-3-7-15(19)8-4-12/h3-4,7-8,13-14H,5-6,9-11H2,1-2H3. The molecular weight excluding hydrogens is 336 g/mol. The molecule has 3 unspecified atom stereocenters. The molecule has 3 heteroatoms. The van der Waals surface area contributed by atoms with E-state index in [0.29, 0.717) is 12.5 Å². The highest BCUT2D eigenvalue weighted by atomic mass is 79.9. The minimum Gasteiger partial charge on any atom is -0.369 e. The van der Waals surface area contributed by atoms with Crippen molar-refractivity contribution < 1.29 is 4.74 Å². The molecule has 0 amide bonds. The van der Waals surface area contributed by atoms with E-state index < -0.39 is 0 Å². The zero-order valence-corrected chi connectivity index (χ0v) is 14.5. The van der Waals surface area contributed by atoms with Crippen LogP contribution in [0.4, 0.5) is 0 Å². The summed E-state index contributed by atoms with van der Waals surface area (Å²) < 4.78 is 6.52. The van der Waals surface area contributed by atoms with Crippen LogP contribution in [-0.2, 0) is 11.3 Å². The first kappa shape index (κ1) is 14.9. The molecule has 3 atom stereocenters. The van der Waals surface area contributed by atoms with Crippen molar-refractivity contribution in [3.8, 4) is 0 Å². The lowest BCUT2D eigenvalue weighted by Gasteiger charge is -2.48. The highest BCUT2D eigenvalue weighted by Crippen LogP contribution is 2.63. The van der Waals surface area contributed by atoms with Gasteiger partial charge in [0.25, 0.3) is 0 Å². The second-order valence-corrected chi connectivity index (χ2v) is 7.86. The molecule has 2 aliphatic carbocycles. The van der Waals surface area contributed by atoms with E-state index in [0.717, 1.165) is 16.3 Å². The van der Waals surface area contributed by atoms with Crippen LogP contribution in [0.5, 0.6) is 0 Å². The molecule has 3 rings (SSSR count). The number of fused-ring (bicyclic) bond motifs is 2. The third-order valence-electron chi connectivity index (χ3n) is 5.81. The molecule has 2 saturated carbocycles. The monoisotopic (exact) mass is 356 g/mol. The fourth-order valence-corrected chi connectivity index (χ4v) is 5.82. The van der Waals surface area contributed by atoms with Crippen LogP contribution >= 0.6 is 27.5 Å². The molecular formula is C17H22BrClO. The van der Waals surface area contributed by atoms with Crippen molar-refractivity contribution in [2.45, 2.75) is 45.3 Å². The van der Waals surface area contributed by atoms with Gasteiger partial charge in [0.15, 0.2) is 0 Å².